The summed E-state index contributed by atoms with van der Waals surface area (Å²) in [4.78, 5) is 4.31. The number of nitrogens with zero attached hydrogens (tertiary/aromatic N) is 1. The molecular weight excluding hydrogens is 264 g/mol. The summed E-state index contributed by atoms with van der Waals surface area (Å²) in [6.07, 6.45) is 4.13. The molecule has 0 amide bonds. The monoisotopic (exact) mass is 288 g/mol. The highest BCUT2D eigenvalue weighted by molar-refractivity contribution is 8.00. The number of piperazine rings is 1. The Morgan fingerprint density at radius 1 is 1.35 bits per heavy atom. The molecule has 1 aromatic rings. The van der Waals surface area contributed by atoms with Crippen LogP contribution < -0.4 is 5.32 Å². The van der Waals surface area contributed by atoms with Crippen LogP contribution in [0.5, 0.6) is 0 Å². The van der Waals surface area contributed by atoms with Crippen LogP contribution in [0.3, 0.4) is 0 Å². The second-order valence-electron chi connectivity index (χ2n) is 6.81. The molecule has 0 bridgehead atoms. The summed E-state index contributed by atoms with van der Waals surface area (Å²) >= 11 is 2.10. The molecule has 2 heterocycles. The lowest BCUT2D eigenvalue weighted by atomic mass is 9.90. The number of hydrogen-bond acceptors (Lipinski definition) is 3. The van der Waals surface area contributed by atoms with Crippen LogP contribution in [-0.2, 0) is 6.42 Å². The van der Waals surface area contributed by atoms with Gasteiger partial charge in [0.05, 0.1) is 0 Å². The molecule has 3 aliphatic rings. The maximum atomic E-state index is 3.62. The van der Waals surface area contributed by atoms with Gasteiger partial charge in [0.25, 0.3) is 0 Å². The average molecular weight is 288 g/mol. The molecule has 1 saturated carbocycles. The summed E-state index contributed by atoms with van der Waals surface area (Å²) in [5, 5.41) is 4.37. The summed E-state index contributed by atoms with van der Waals surface area (Å²) in [5.74, 6) is 0.934. The Balaban J connectivity index is 1.46. The van der Waals surface area contributed by atoms with Crippen molar-refractivity contribution in [1.29, 1.82) is 0 Å². The van der Waals surface area contributed by atoms with Crippen molar-refractivity contribution in [2.45, 2.75) is 41.9 Å². The molecule has 1 aliphatic carbocycles. The number of thioether (sulfide) groups is 1. The van der Waals surface area contributed by atoms with Crippen LogP contribution in [0.2, 0.25) is 0 Å². The SMILES string of the molecule is CC1(C2CC2)CNCCN1CC1Cc2ccccc2S1. The molecule has 1 saturated heterocycles. The number of nitrogens with one attached hydrogen (secondary N) is 1. The Kier molecular flexibility index (Phi) is 3.32. The highest BCUT2D eigenvalue weighted by Gasteiger charge is 2.47. The lowest BCUT2D eigenvalue weighted by molar-refractivity contribution is 0.0566. The van der Waals surface area contributed by atoms with E-state index in [1.54, 1.807) is 5.56 Å². The van der Waals surface area contributed by atoms with Crippen molar-refractivity contribution in [3.05, 3.63) is 29.8 Å². The van der Waals surface area contributed by atoms with Gasteiger partial charge in [-0.3, -0.25) is 4.90 Å². The molecular formula is C17H24N2S. The molecule has 20 heavy (non-hydrogen) atoms. The van der Waals surface area contributed by atoms with Crippen molar-refractivity contribution in [3.63, 3.8) is 0 Å². The zero-order chi connectivity index (χ0) is 13.6. The predicted molar refractivity (Wildman–Crippen MR) is 85.4 cm³/mol. The standard InChI is InChI=1S/C17H24N2S/c1-17(14-6-7-14)12-18-8-9-19(17)11-15-10-13-4-2-3-5-16(13)20-15/h2-5,14-15,18H,6-12H2,1H3. The highest BCUT2D eigenvalue weighted by atomic mass is 32.2. The van der Waals surface area contributed by atoms with E-state index in [-0.39, 0.29) is 0 Å². The molecule has 2 atom stereocenters. The van der Waals surface area contributed by atoms with Gasteiger partial charge in [0.1, 0.15) is 0 Å². The first-order chi connectivity index (χ1) is 9.75. The molecule has 2 fully saturated rings. The smallest absolute Gasteiger partial charge is 0.0334 e. The summed E-state index contributed by atoms with van der Waals surface area (Å²) < 4.78 is 0. The van der Waals surface area contributed by atoms with Gasteiger partial charge in [0.15, 0.2) is 0 Å². The van der Waals surface area contributed by atoms with Gasteiger partial charge in [-0.05, 0) is 43.7 Å². The lowest BCUT2D eigenvalue weighted by Crippen LogP contribution is -2.62. The van der Waals surface area contributed by atoms with Gasteiger partial charge in [-0.15, -0.1) is 11.8 Å². The molecule has 1 N–H and O–H groups in total. The van der Waals surface area contributed by atoms with Crippen LogP contribution in [-0.4, -0.2) is 41.9 Å². The second-order valence-corrected chi connectivity index (χ2v) is 8.15. The summed E-state index contributed by atoms with van der Waals surface area (Å²) in [6.45, 7) is 7.31. The molecule has 0 aromatic heterocycles. The largest absolute Gasteiger partial charge is 0.314 e. The fourth-order valence-corrected chi connectivity index (χ4v) is 5.27. The average Bonchev–Trinajstić information content (AvgIpc) is 3.23. The third-order valence-electron chi connectivity index (χ3n) is 5.36. The molecule has 4 rings (SSSR count). The van der Waals surface area contributed by atoms with E-state index in [9.17, 15) is 0 Å². The van der Waals surface area contributed by atoms with Crippen molar-refractivity contribution in [2.24, 2.45) is 5.92 Å². The quantitative estimate of drug-likeness (QED) is 0.921. The van der Waals surface area contributed by atoms with Crippen molar-refractivity contribution in [2.75, 3.05) is 26.2 Å². The van der Waals surface area contributed by atoms with E-state index in [1.807, 2.05) is 0 Å². The molecule has 1 aromatic carbocycles. The molecule has 108 valence electrons. The maximum Gasteiger partial charge on any atom is 0.0334 e. The normalized spacial score (nSPS) is 34.1. The number of rotatable bonds is 3. The zero-order valence-electron chi connectivity index (χ0n) is 12.3. The van der Waals surface area contributed by atoms with Gasteiger partial charge in [0.2, 0.25) is 0 Å². The van der Waals surface area contributed by atoms with Crippen LogP contribution >= 0.6 is 11.8 Å². The van der Waals surface area contributed by atoms with Gasteiger partial charge in [-0.2, -0.15) is 0 Å². The first-order valence-corrected chi connectivity index (χ1v) is 8.84. The number of hydrogen-bond donors (Lipinski definition) is 1. The van der Waals surface area contributed by atoms with E-state index in [0.717, 1.165) is 17.7 Å². The Bertz CT molecular complexity index is 475. The van der Waals surface area contributed by atoms with Crippen LogP contribution in [0.15, 0.2) is 29.2 Å². The summed E-state index contributed by atoms with van der Waals surface area (Å²) in [6, 6.07) is 8.95. The third-order valence-corrected chi connectivity index (χ3v) is 6.66. The maximum absolute atomic E-state index is 3.62. The van der Waals surface area contributed by atoms with Gasteiger partial charge < -0.3 is 5.32 Å². The highest BCUT2D eigenvalue weighted by Crippen LogP contribution is 2.45. The van der Waals surface area contributed by atoms with E-state index < -0.39 is 0 Å². The molecule has 0 radical (unpaired) electrons. The Hall–Kier alpha value is -0.510. The van der Waals surface area contributed by atoms with Gasteiger partial charge >= 0.3 is 0 Å². The molecule has 3 heteroatoms. The number of benzene rings is 1. The topological polar surface area (TPSA) is 15.3 Å². The van der Waals surface area contributed by atoms with Gasteiger partial charge in [-0.25, -0.2) is 0 Å². The van der Waals surface area contributed by atoms with Crippen LogP contribution in [0.1, 0.15) is 25.3 Å². The minimum absolute atomic E-state index is 0.410. The van der Waals surface area contributed by atoms with E-state index in [1.165, 1.54) is 43.8 Å². The Morgan fingerprint density at radius 3 is 3.00 bits per heavy atom. The molecule has 0 spiro atoms. The molecule has 2 nitrogen and oxygen atoms in total. The van der Waals surface area contributed by atoms with E-state index >= 15 is 0 Å². The third kappa shape index (κ3) is 2.30. The summed E-state index contributed by atoms with van der Waals surface area (Å²) in [7, 11) is 0. The Labute approximate surface area is 126 Å². The van der Waals surface area contributed by atoms with Crippen molar-refractivity contribution in [1.82, 2.24) is 10.2 Å². The second kappa shape index (κ2) is 5.04. The van der Waals surface area contributed by atoms with Crippen molar-refractivity contribution >= 4 is 11.8 Å². The van der Waals surface area contributed by atoms with Crippen LogP contribution in [0.4, 0.5) is 0 Å². The first-order valence-electron chi connectivity index (χ1n) is 7.96. The fraction of sp³-hybridized carbons (Fsp3) is 0.647. The van der Waals surface area contributed by atoms with Crippen molar-refractivity contribution < 1.29 is 0 Å². The van der Waals surface area contributed by atoms with E-state index in [2.05, 4.69) is 53.2 Å². The van der Waals surface area contributed by atoms with E-state index in [4.69, 9.17) is 0 Å². The van der Waals surface area contributed by atoms with Gasteiger partial charge in [0, 0.05) is 41.9 Å². The van der Waals surface area contributed by atoms with Gasteiger partial charge in [-0.1, -0.05) is 18.2 Å². The first kappa shape index (κ1) is 13.2. The number of fused-ring (bicyclic) bond motifs is 1. The molecule has 2 aliphatic heterocycles. The Morgan fingerprint density at radius 2 is 2.20 bits per heavy atom. The minimum atomic E-state index is 0.410. The lowest BCUT2D eigenvalue weighted by Gasteiger charge is -2.46. The summed E-state index contributed by atoms with van der Waals surface area (Å²) in [5.41, 5.74) is 1.97. The van der Waals surface area contributed by atoms with Crippen LogP contribution in [0, 0.1) is 5.92 Å². The molecule has 2 unspecified atom stereocenters. The van der Waals surface area contributed by atoms with Crippen molar-refractivity contribution in [3.8, 4) is 0 Å². The van der Waals surface area contributed by atoms with Crippen LogP contribution in [0.25, 0.3) is 0 Å². The zero-order valence-corrected chi connectivity index (χ0v) is 13.1. The minimum Gasteiger partial charge on any atom is -0.314 e. The van der Waals surface area contributed by atoms with E-state index in [0.29, 0.717) is 5.54 Å². The predicted octanol–water partition coefficient (Wildman–Crippen LogP) is 2.78. The fourth-order valence-electron chi connectivity index (χ4n) is 3.93.